The standard InChI is InChI=1S/C15H9F2N3O5/c16-8-1-3-10(17)11(5-8)18-14(21)7-19-12-6-9(20(23)24)2-4-13(12)25-15(19)22/h1-6H,7H2,(H,18,21). The van der Waals surface area contributed by atoms with Gasteiger partial charge in [-0.05, 0) is 18.2 Å². The fourth-order valence-electron chi connectivity index (χ4n) is 2.24. The van der Waals surface area contributed by atoms with Crippen molar-refractivity contribution < 1.29 is 22.9 Å². The second kappa shape index (κ2) is 6.15. The molecule has 10 heteroatoms. The number of halogens is 2. The van der Waals surface area contributed by atoms with Gasteiger partial charge in [-0.1, -0.05) is 0 Å². The summed E-state index contributed by atoms with van der Waals surface area (Å²) in [6.07, 6.45) is 0. The quantitative estimate of drug-likeness (QED) is 0.575. The average Bonchev–Trinajstić information content (AvgIpc) is 2.86. The van der Waals surface area contributed by atoms with Gasteiger partial charge in [0.1, 0.15) is 18.2 Å². The van der Waals surface area contributed by atoms with Crippen LogP contribution in [0.1, 0.15) is 0 Å². The zero-order valence-electron chi connectivity index (χ0n) is 12.4. The molecule has 0 bridgehead atoms. The van der Waals surface area contributed by atoms with Gasteiger partial charge in [-0.25, -0.2) is 13.6 Å². The first-order chi connectivity index (χ1) is 11.8. The van der Waals surface area contributed by atoms with E-state index in [1.807, 2.05) is 0 Å². The maximum Gasteiger partial charge on any atom is 0.420 e. The van der Waals surface area contributed by atoms with E-state index in [0.29, 0.717) is 0 Å². The molecule has 0 atom stereocenters. The van der Waals surface area contributed by atoms with Crippen LogP contribution in [-0.4, -0.2) is 15.4 Å². The Morgan fingerprint density at radius 2 is 2.00 bits per heavy atom. The number of nitro groups is 1. The molecule has 0 aliphatic heterocycles. The lowest BCUT2D eigenvalue weighted by Gasteiger charge is -2.07. The first-order valence-electron chi connectivity index (χ1n) is 6.88. The maximum atomic E-state index is 13.5. The second-order valence-electron chi connectivity index (χ2n) is 5.04. The van der Waals surface area contributed by atoms with Crippen LogP contribution in [0.5, 0.6) is 0 Å². The number of benzene rings is 2. The van der Waals surface area contributed by atoms with Crippen LogP contribution in [0.25, 0.3) is 11.1 Å². The third kappa shape index (κ3) is 3.22. The van der Waals surface area contributed by atoms with Gasteiger partial charge in [0.05, 0.1) is 16.1 Å². The molecule has 0 aliphatic carbocycles. The van der Waals surface area contributed by atoms with Crippen molar-refractivity contribution in [2.45, 2.75) is 6.54 Å². The molecular formula is C15H9F2N3O5. The number of nitrogens with one attached hydrogen (secondary N) is 1. The summed E-state index contributed by atoms with van der Waals surface area (Å²) in [6.45, 7) is -0.594. The van der Waals surface area contributed by atoms with Crippen LogP contribution in [-0.2, 0) is 11.3 Å². The Morgan fingerprint density at radius 1 is 1.24 bits per heavy atom. The normalized spacial score (nSPS) is 10.8. The molecule has 3 aromatic rings. The topological polar surface area (TPSA) is 107 Å². The van der Waals surface area contributed by atoms with Crippen molar-refractivity contribution in [2.24, 2.45) is 0 Å². The van der Waals surface area contributed by atoms with E-state index in [1.54, 1.807) is 0 Å². The number of anilines is 1. The highest BCUT2D eigenvalue weighted by Gasteiger charge is 2.17. The van der Waals surface area contributed by atoms with E-state index in [4.69, 9.17) is 4.42 Å². The first-order valence-corrected chi connectivity index (χ1v) is 6.88. The van der Waals surface area contributed by atoms with E-state index in [-0.39, 0.29) is 16.8 Å². The van der Waals surface area contributed by atoms with Crippen LogP contribution in [0.3, 0.4) is 0 Å². The minimum Gasteiger partial charge on any atom is -0.408 e. The number of fused-ring (bicyclic) bond motifs is 1. The van der Waals surface area contributed by atoms with Crippen molar-refractivity contribution in [3.8, 4) is 0 Å². The van der Waals surface area contributed by atoms with Crippen molar-refractivity contribution in [3.05, 3.63) is 68.7 Å². The summed E-state index contributed by atoms with van der Waals surface area (Å²) in [5, 5.41) is 13.0. The van der Waals surface area contributed by atoms with Crippen LogP contribution in [0.2, 0.25) is 0 Å². The zero-order valence-corrected chi connectivity index (χ0v) is 12.4. The molecule has 1 N–H and O–H groups in total. The number of carbonyl (C=O) groups is 1. The Kier molecular flexibility index (Phi) is 4.01. The minimum absolute atomic E-state index is 0.0362. The average molecular weight is 349 g/mol. The Bertz CT molecular complexity index is 1060. The molecule has 128 valence electrons. The largest absolute Gasteiger partial charge is 0.420 e. The van der Waals surface area contributed by atoms with E-state index in [1.165, 1.54) is 6.07 Å². The summed E-state index contributed by atoms with van der Waals surface area (Å²) in [5.74, 6) is -3.35. The van der Waals surface area contributed by atoms with Gasteiger partial charge in [-0.3, -0.25) is 19.5 Å². The van der Waals surface area contributed by atoms with Gasteiger partial charge in [-0.2, -0.15) is 0 Å². The molecule has 0 aliphatic rings. The van der Waals surface area contributed by atoms with Crippen LogP contribution in [0, 0.1) is 21.7 Å². The third-order valence-corrected chi connectivity index (χ3v) is 3.37. The van der Waals surface area contributed by atoms with Crippen LogP contribution < -0.4 is 11.1 Å². The molecule has 0 saturated carbocycles. The molecule has 1 aromatic heterocycles. The maximum absolute atomic E-state index is 13.5. The first kappa shape index (κ1) is 16.3. The van der Waals surface area contributed by atoms with E-state index in [2.05, 4.69) is 5.32 Å². The summed E-state index contributed by atoms with van der Waals surface area (Å²) >= 11 is 0. The number of carbonyl (C=O) groups excluding carboxylic acids is 1. The molecule has 8 nitrogen and oxygen atoms in total. The Hall–Kier alpha value is -3.56. The van der Waals surface area contributed by atoms with Gasteiger partial charge in [0.25, 0.3) is 5.69 Å². The fourth-order valence-corrected chi connectivity index (χ4v) is 2.24. The summed E-state index contributed by atoms with van der Waals surface area (Å²) in [7, 11) is 0. The monoisotopic (exact) mass is 349 g/mol. The number of rotatable bonds is 4. The van der Waals surface area contributed by atoms with Crippen molar-refractivity contribution >= 4 is 28.4 Å². The highest BCUT2D eigenvalue weighted by Crippen LogP contribution is 2.20. The van der Waals surface area contributed by atoms with E-state index in [9.17, 15) is 28.5 Å². The smallest absolute Gasteiger partial charge is 0.408 e. The molecule has 1 amide bonds. The number of nitro benzene ring substituents is 1. The molecule has 0 radical (unpaired) electrons. The SMILES string of the molecule is O=C(Cn1c(=O)oc2ccc([N+](=O)[O-])cc21)Nc1cc(F)ccc1F. The van der Waals surface area contributed by atoms with Crippen molar-refractivity contribution in [2.75, 3.05) is 5.32 Å². The lowest BCUT2D eigenvalue weighted by Crippen LogP contribution is -2.25. The Labute approximate surface area is 137 Å². The molecule has 0 saturated heterocycles. The number of oxazole rings is 1. The predicted molar refractivity (Wildman–Crippen MR) is 82.1 cm³/mol. The van der Waals surface area contributed by atoms with Crippen molar-refractivity contribution in [3.63, 3.8) is 0 Å². The van der Waals surface area contributed by atoms with Gasteiger partial charge in [0.15, 0.2) is 5.58 Å². The molecule has 0 fully saturated rings. The van der Waals surface area contributed by atoms with Crippen molar-refractivity contribution in [1.29, 1.82) is 0 Å². The van der Waals surface area contributed by atoms with Gasteiger partial charge < -0.3 is 9.73 Å². The highest BCUT2D eigenvalue weighted by molar-refractivity contribution is 5.91. The van der Waals surface area contributed by atoms with Crippen LogP contribution in [0.4, 0.5) is 20.2 Å². The summed E-state index contributed by atoms with van der Waals surface area (Å²) < 4.78 is 32.4. The number of non-ortho nitro benzene ring substituents is 1. The number of amides is 1. The fraction of sp³-hybridized carbons (Fsp3) is 0.0667. The zero-order chi connectivity index (χ0) is 18.1. The molecule has 1 heterocycles. The van der Waals surface area contributed by atoms with Gasteiger partial charge in [0, 0.05) is 18.2 Å². The summed E-state index contributed by atoms with van der Waals surface area (Å²) in [5.41, 5.74) is -0.593. The molecule has 3 rings (SSSR count). The van der Waals surface area contributed by atoms with Crippen LogP contribution in [0.15, 0.2) is 45.6 Å². The van der Waals surface area contributed by atoms with E-state index < -0.39 is 40.5 Å². The predicted octanol–water partition coefficient (Wildman–Crippen LogP) is 2.42. The third-order valence-electron chi connectivity index (χ3n) is 3.37. The number of aromatic nitrogens is 1. The lowest BCUT2D eigenvalue weighted by molar-refractivity contribution is -0.384. The number of hydrogen-bond acceptors (Lipinski definition) is 5. The van der Waals surface area contributed by atoms with Crippen LogP contribution >= 0.6 is 0 Å². The minimum atomic E-state index is -0.912. The Balaban J connectivity index is 1.91. The highest BCUT2D eigenvalue weighted by atomic mass is 19.1. The summed E-state index contributed by atoms with van der Waals surface area (Å²) in [4.78, 5) is 34.0. The van der Waals surface area contributed by atoms with Gasteiger partial charge in [0.2, 0.25) is 5.91 Å². The van der Waals surface area contributed by atoms with E-state index in [0.717, 1.165) is 34.9 Å². The molecule has 2 aromatic carbocycles. The molecule has 0 unspecified atom stereocenters. The number of nitrogens with zero attached hydrogens (tertiary/aromatic N) is 2. The summed E-state index contributed by atoms with van der Waals surface area (Å²) in [6, 6.07) is 5.98. The van der Waals surface area contributed by atoms with Gasteiger partial charge in [-0.15, -0.1) is 0 Å². The lowest BCUT2D eigenvalue weighted by atomic mass is 10.3. The van der Waals surface area contributed by atoms with Crippen molar-refractivity contribution in [1.82, 2.24) is 4.57 Å². The molecule has 25 heavy (non-hydrogen) atoms. The molecule has 0 spiro atoms. The Morgan fingerprint density at radius 3 is 2.72 bits per heavy atom. The second-order valence-corrected chi connectivity index (χ2v) is 5.04. The number of hydrogen-bond donors (Lipinski definition) is 1. The molecular weight excluding hydrogens is 340 g/mol. The van der Waals surface area contributed by atoms with E-state index >= 15 is 0 Å². The van der Waals surface area contributed by atoms with Gasteiger partial charge >= 0.3 is 5.76 Å².